The van der Waals surface area contributed by atoms with E-state index in [1.54, 1.807) is 6.20 Å². The Hall–Kier alpha value is -2.11. The Morgan fingerprint density at radius 3 is 2.89 bits per heavy atom. The maximum Gasteiger partial charge on any atom is 0.319 e. The van der Waals surface area contributed by atoms with Gasteiger partial charge >= 0.3 is 12.0 Å². The van der Waals surface area contributed by atoms with E-state index in [-0.39, 0.29) is 13.0 Å². The van der Waals surface area contributed by atoms with Crippen molar-refractivity contribution in [3.63, 3.8) is 0 Å². The summed E-state index contributed by atoms with van der Waals surface area (Å²) in [6.07, 6.45) is 5.88. The number of urea groups is 1. The fraction of sp³-hybridized carbons (Fsp3) is 0.462. The van der Waals surface area contributed by atoms with Crippen LogP contribution in [-0.4, -0.2) is 28.6 Å². The van der Waals surface area contributed by atoms with Crippen molar-refractivity contribution in [3.05, 3.63) is 23.5 Å². The minimum atomic E-state index is -0.934. The Labute approximate surface area is 111 Å². The zero-order valence-corrected chi connectivity index (χ0v) is 10.6. The number of carboxylic acid groups (broad SMARTS) is 1. The first kappa shape index (κ1) is 13.3. The van der Waals surface area contributed by atoms with E-state index in [0.717, 1.165) is 25.0 Å². The summed E-state index contributed by atoms with van der Waals surface area (Å²) in [6, 6.07) is 1.54. The van der Waals surface area contributed by atoms with Gasteiger partial charge in [0.15, 0.2) is 0 Å². The van der Waals surface area contributed by atoms with E-state index in [1.165, 1.54) is 12.0 Å². The van der Waals surface area contributed by atoms with E-state index < -0.39 is 12.0 Å². The van der Waals surface area contributed by atoms with Crippen molar-refractivity contribution in [2.75, 3.05) is 11.9 Å². The van der Waals surface area contributed by atoms with Crippen molar-refractivity contribution in [2.45, 2.75) is 32.1 Å². The number of rotatable bonds is 4. The highest BCUT2D eigenvalue weighted by molar-refractivity contribution is 5.89. The molecule has 0 saturated heterocycles. The van der Waals surface area contributed by atoms with Crippen molar-refractivity contribution in [1.29, 1.82) is 0 Å². The second-order valence-corrected chi connectivity index (χ2v) is 4.56. The third-order valence-electron chi connectivity index (χ3n) is 3.05. The van der Waals surface area contributed by atoms with Crippen LogP contribution < -0.4 is 10.6 Å². The molecule has 1 heterocycles. The Bertz CT molecular complexity index is 488. The second kappa shape index (κ2) is 6.17. The average molecular weight is 263 g/mol. The molecule has 2 rings (SSSR count). The molecule has 0 atom stereocenters. The zero-order valence-electron chi connectivity index (χ0n) is 10.6. The number of aryl methyl sites for hydroxylation is 2. The third kappa shape index (κ3) is 3.94. The molecule has 19 heavy (non-hydrogen) atoms. The summed E-state index contributed by atoms with van der Waals surface area (Å²) in [5.74, 6) is -0.934. The van der Waals surface area contributed by atoms with Crippen LogP contribution in [0.3, 0.4) is 0 Å². The largest absolute Gasteiger partial charge is 0.481 e. The van der Waals surface area contributed by atoms with Crippen molar-refractivity contribution < 1.29 is 14.7 Å². The number of amides is 2. The molecule has 0 fully saturated rings. The molecule has 2 amide bonds. The number of pyridine rings is 1. The number of hydrogen-bond donors (Lipinski definition) is 3. The summed E-state index contributed by atoms with van der Waals surface area (Å²) < 4.78 is 0. The van der Waals surface area contributed by atoms with Gasteiger partial charge in [0.1, 0.15) is 0 Å². The van der Waals surface area contributed by atoms with E-state index in [0.29, 0.717) is 5.69 Å². The number of aliphatic carboxylic acids is 1. The van der Waals surface area contributed by atoms with Gasteiger partial charge in [-0.05, 0) is 37.3 Å². The Morgan fingerprint density at radius 2 is 2.11 bits per heavy atom. The fourth-order valence-electron chi connectivity index (χ4n) is 2.11. The minimum Gasteiger partial charge on any atom is -0.481 e. The molecule has 1 aliphatic rings. The van der Waals surface area contributed by atoms with Crippen molar-refractivity contribution >= 4 is 17.7 Å². The summed E-state index contributed by atoms with van der Waals surface area (Å²) in [5.41, 5.74) is 2.95. The van der Waals surface area contributed by atoms with Gasteiger partial charge in [-0.25, -0.2) is 4.79 Å². The van der Waals surface area contributed by atoms with Crippen molar-refractivity contribution in [3.8, 4) is 0 Å². The van der Waals surface area contributed by atoms with Crippen LogP contribution in [0.1, 0.15) is 30.5 Å². The maximum atomic E-state index is 11.5. The molecule has 0 aliphatic heterocycles. The zero-order chi connectivity index (χ0) is 13.7. The number of anilines is 1. The average Bonchev–Trinajstić information content (AvgIpc) is 2.38. The van der Waals surface area contributed by atoms with Gasteiger partial charge < -0.3 is 15.7 Å². The van der Waals surface area contributed by atoms with Crippen LogP contribution in [0.15, 0.2) is 12.3 Å². The van der Waals surface area contributed by atoms with Crippen LogP contribution in [0.2, 0.25) is 0 Å². The summed E-state index contributed by atoms with van der Waals surface area (Å²) in [4.78, 5) is 26.2. The van der Waals surface area contributed by atoms with Gasteiger partial charge in [-0.1, -0.05) is 0 Å². The molecule has 0 bridgehead atoms. The quantitative estimate of drug-likeness (QED) is 0.768. The highest BCUT2D eigenvalue weighted by Crippen LogP contribution is 2.21. The molecule has 1 aromatic heterocycles. The van der Waals surface area contributed by atoms with Crippen LogP contribution in [0.25, 0.3) is 0 Å². The number of carbonyl (C=O) groups excluding carboxylic acids is 1. The lowest BCUT2D eigenvalue weighted by Crippen LogP contribution is -2.30. The highest BCUT2D eigenvalue weighted by atomic mass is 16.4. The van der Waals surface area contributed by atoms with Gasteiger partial charge in [0, 0.05) is 12.2 Å². The van der Waals surface area contributed by atoms with Crippen LogP contribution in [0, 0.1) is 0 Å². The molecule has 0 spiro atoms. The number of aromatic nitrogens is 1. The second-order valence-electron chi connectivity index (χ2n) is 4.56. The van der Waals surface area contributed by atoms with Crippen LogP contribution in [0.4, 0.5) is 10.5 Å². The molecule has 1 aliphatic carbocycles. The van der Waals surface area contributed by atoms with E-state index >= 15 is 0 Å². The van der Waals surface area contributed by atoms with Gasteiger partial charge in [0.05, 0.1) is 18.3 Å². The van der Waals surface area contributed by atoms with Crippen LogP contribution in [-0.2, 0) is 17.6 Å². The predicted octanol–water partition coefficient (Wildman–Crippen LogP) is 1.56. The first-order valence-corrected chi connectivity index (χ1v) is 6.39. The fourth-order valence-corrected chi connectivity index (χ4v) is 2.11. The standard InChI is InChI=1S/C13H17N3O3/c17-12(18)5-6-14-13(19)16-10-7-9-3-1-2-4-11(9)15-8-10/h7-8H,1-6H2,(H,17,18)(H2,14,16,19). The van der Waals surface area contributed by atoms with E-state index in [1.807, 2.05) is 6.07 Å². The molecule has 1 aromatic rings. The number of nitrogens with zero attached hydrogens (tertiary/aromatic N) is 1. The molecule has 0 saturated carbocycles. The molecular formula is C13H17N3O3. The molecule has 6 nitrogen and oxygen atoms in total. The predicted molar refractivity (Wildman–Crippen MR) is 70.2 cm³/mol. The monoisotopic (exact) mass is 263 g/mol. The topological polar surface area (TPSA) is 91.3 Å². The molecule has 3 N–H and O–H groups in total. The molecule has 0 radical (unpaired) electrons. The number of carboxylic acids is 1. The number of hydrogen-bond acceptors (Lipinski definition) is 3. The van der Waals surface area contributed by atoms with Gasteiger partial charge in [-0.2, -0.15) is 0 Å². The first-order chi connectivity index (χ1) is 9.15. The first-order valence-electron chi connectivity index (χ1n) is 6.39. The molecule has 0 unspecified atom stereocenters. The van der Waals surface area contributed by atoms with Crippen molar-refractivity contribution in [2.24, 2.45) is 0 Å². The summed E-state index contributed by atoms with van der Waals surface area (Å²) in [6.45, 7) is 0.111. The summed E-state index contributed by atoms with van der Waals surface area (Å²) in [5, 5.41) is 13.6. The van der Waals surface area contributed by atoms with Gasteiger partial charge in [-0.15, -0.1) is 0 Å². The molecule has 102 valence electrons. The number of nitrogens with one attached hydrogen (secondary N) is 2. The summed E-state index contributed by atoms with van der Waals surface area (Å²) >= 11 is 0. The van der Waals surface area contributed by atoms with Crippen LogP contribution >= 0.6 is 0 Å². The Morgan fingerprint density at radius 1 is 1.32 bits per heavy atom. The SMILES string of the molecule is O=C(O)CCNC(=O)Nc1cnc2c(c1)CCCC2. The number of carbonyl (C=O) groups is 2. The van der Waals surface area contributed by atoms with Gasteiger partial charge in [-0.3, -0.25) is 9.78 Å². The van der Waals surface area contributed by atoms with E-state index in [2.05, 4.69) is 15.6 Å². The normalized spacial score (nSPS) is 13.5. The smallest absolute Gasteiger partial charge is 0.319 e. The van der Waals surface area contributed by atoms with E-state index in [9.17, 15) is 9.59 Å². The maximum absolute atomic E-state index is 11.5. The minimum absolute atomic E-state index is 0.0874. The lowest BCUT2D eigenvalue weighted by atomic mass is 9.96. The molecule has 6 heteroatoms. The van der Waals surface area contributed by atoms with Crippen LogP contribution in [0.5, 0.6) is 0 Å². The lowest BCUT2D eigenvalue weighted by molar-refractivity contribution is -0.136. The van der Waals surface area contributed by atoms with Gasteiger partial charge in [0.25, 0.3) is 0 Å². The molecule has 0 aromatic carbocycles. The lowest BCUT2D eigenvalue weighted by Gasteiger charge is -2.15. The van der Waals surface area contributed by atoms with E-state index in [4.69, 9.17) is 5.11 Å². The third-order valence-corrected chi connectivity index (χ3v) is 3.05. The Kier molecular flexibility index (Phi) is 4.33. The molecular weight excluding hydrogens is 246 g/mol. The van der Waals surface area contributed by atoms with Crippen molar-refractivity contribution in [1.82, 2.24) is 10.3 Å². The summed E-state index contributed by atoms with van der Waals surface area (Å²) in [7, 11) is 0. The highest BCUT2D eigenvalue weighted by Gasteiger charge is 2.11. The number of fused-ring (bicyclic) bond motifs is 1. The Balaban J connectivity index is 1.88. The van der Waals surface area contributed by atoms with Gasteiger partial charge in [0.2, 0.25) is 0 Å².